The van der Waals surface area contributed by atoms with Crippen LogP contribution in [-0.4, -0.2) is 22.8 Å². The highest BCUT2D eigenvalue weighted by Gasteiger charge is 2.17. The summed E-state index contributed by atoms with van der Waals surface area (Å²) in [6, 6.07) is 6.51. The topological polar surface area (TPSA) is 44.1 Å². The number of nitrogens with zero attached hydrogens (tertiary/aromatic N) is 2. The number of rotatable bonds is 8. The molecule has 0 atom stereocenters. The summed E-state index contributed by atoms with van der Waals surface area (Å²) in [6.07, 6.45) is 0.806. The van der Waals surface area contributed by atoms with Gasteiger partial charge >= 0.3 is 0 Å². The smallest absolute Gasteiger partial charge is 0.263 e. The van der Waals surface area contributed by atoms with Crippen LogP contribution < -0.4 is 5.56 Å². The first-order valence-electron chi connectivity index (χ1n) is 9.69. The summed E-state index contributed by atoms with van der Waals surface area (Å²) in [5, 5.41) is 1.58. The first kappa shape index (κ1) is 21.1. The van der Waals surface area contributed by atoms with E-state index in [2.05, 4.69) is 39.0 Å². The lowest BCUT2D eigenvalue weighted by molar-refractivity contribution is 0.140. The summed E-state index contributed by atoms with van der Waals surface area (Å²) in [7, 11) is 0. The molecule has 0 N–H and O–H groups in total. The Kier molecular flexibility index (Phi) is 6.96. The Labute approximate surface area is 175 Å². The molecule has 6 heteroatoms. The zero-order valence-electron chi connectivity index (χ0n) is 17.3. The predicted octanol–water partition coefficient (Wildman–Crippen LogP) is 5.41. The Morgan fingerprint density at radius 3 is 2.75 bits per heavy atom. The fraction of sp³-hybridized carbons (Fsp3) is 0.455. The zero-order chi connectivity index (χ0) is 20.3. The lowest BCUT2D eigenvalue weighted by Gasteiger charge is -2.13. The normalized spacial score (nSPS) is 11.5. The van der Waals surface area contributed by atoms with Crippen molar-refractivity contribution in [2.24, 2.45) is 0 Å². The summed E-state index contributed by atoms with van der Waals surface area (Å²) < 4.78 is 7.31. The second-order valence-corrected chi connectivity index (χ2v) is 9.23. The molecule has 1 aromatic carbocycles. The minimum absolute atomic E-state index is 0.0758. The molecule has 3 rings (SSSR count). The van der Waals surface area contributed by atoms with Gasteiger partial charge in [-0.05, 0) is 57.7 Å². The number of hydrogen-bond acceptors (Lipinski definition) is 5. The summed E-state index contributed by atoms with van der Waals surface area (Å²) in [6.45, 7) is 12.3. The average Bonchev–Trinajstić information content (AvgIpc) is 2.95. The van der Waals surface area contributed by atoms with Crippen molar-refractivity contribution in [3.8, 4) is 0 Å². The van der Waals surface area contributed by atoms with Crippen LogP contribution in [0.1, 0.15) is 40.5 Å². The maximum absolute atomic E-state index is 13.3. The molecule has 4 nitrogen and oxygen atoms in total. The monoisotopic (exact) mass is 416 g/mol. The number of thiophene rings is 1. The van der Waals surface area contributed by atoms with Gasteiger partial charge in [-0.2, -0.15) is 0 Å². The van der Waals surface area contributed by atoms with Crippen molar-refractivity contribution in [3.63, 3.8) is 0 Å². The van der Waals surface area contributed by atoms with Crippen LogP contribution in [0, 0.1) is 27.7 Å². The van der Waals surface area contributed by atoms with Gasteiger partial charge in [0.1, 0.15) is 4.83 Å². The van der Waals surface area contributed by atoms with Gasteiger partial charge in [0.25, 0.3) is 5.56 Å². The quantitative estimate of drug-likeness (QED) is 0.280. The van der Waals surface area contributed by atoms with Gasteiger partial charge in [-0.1, -0.05) is 35.5 Å². The number of aromatic nitrogens is 2. The number of benzene rings is 1. The van der Waals surface area contributed by atoms with Gasteiger partial charge in [0, 0.05) is 30.4 Å². The molecule has 2 aromatic heterocycles. The van der Waals surface area contributed by atoms with Crippen LogP contribution >= 0.6 is 23.1 Å². The third-order valence-electron chi connectivity index (χ3n) is 4.99. The molecule has 0 spiro atoms. The van der Waals surface area contributed by atoms with Crippen molar-refractivity contribution in [2.45, 2.75) is 58.5 Å². The molecule has 3 aromatic rings. The zero-order valence-corrected chi connectivity index (χ0v) is 18.9. The molecule has 0 radical (unpaired) electrons. The van der Waals surface area contributed by atoms with E-state index >= 15 is 0 Å². The SMILES string of the molecule is CCOCCCn1c(SCc2cc(C)ccc2C)nc2sc(C)c(C)c2c1=O. The first-order valence-corrected chi connectivity index (χ1v) is 11.5. The maximum Gasteiger partial charge on any atom is 0.263 e. The van der Waals surface area contributed by atoms with Crippen molar-refractivity contribution in [3.05, 3.63) is 55.7 Å². The molecule has 0 saturated carbocycles. The maximum atomic E-state index is 13.3. The minimum Gasteiger partial charge on any atom is -0.382 e. The van der Waals surface area contributed by atoms with Crippen molar-refractivity contribution < 1.29 is 4.74 Å². The van der Waals surface area contributed by atoms with Crippen LogP contribution in [0.2, 0.25) is 0 Å². The molecular weight excluding hydrogens is 388 g/mol. The van der Waals surface area contributed by atoms with E-state index in [4.69, 9.17) is 9.72 Å². The number of hydrogen-bond donors (Lipinski definition) is 0. The molecule has 0 aliphatic heterocycles. The second kappa shape index (κ2) is 9.25. The predicted molar refractivity (Wildman–Crippen MR) is 120 cm³/mol. The molecule has 28 heavy (non-hydrogen) atoms. The highest BCUT2D eigenvalue weighted by atomic mass is 32.2. The molecule has 0 fully saturated rings. The third kappa shape index (κ3) is 4.50. The largest absolute Gasteiger partial charge is 0.382 e. The van der Waals surface area contributed by atoms with Crippen LogP contribution in [0.3, 0.4) is 0 Å². The van der Waals surface area contributed by atoms with Gasteiger partial charge in [0.15, 0.2) is 5.16 Å². The standard InChI is InChI=1S/C22H28N2O2S2/c1-6-26-11-7-10-24-21(25)19-16(4)17(5)28-20(19)23-22(24)27-13-18-12-14(2)8-9-15(18)3/h8-9,12H,6-7,10-11,13H2,1-5H3. The number of thioether (sulfide) groups is 1. The van der Waals surface area contributed by atoms with Gasteiger partial charge in [-0.3, -0.25) is 9.36 Å². The Morgan fingerprint density at radius 2 is 2.00 bits per heavy atom. The minimum atomic E-state index is 0.0758. The Bertz CT molecular complexity index is 1040. The molecule has 0 saturated heterocycles. The van der Waals surface area contributed by atoms with E-state index in [0.29, 0.717) is 19.8 Å². The average molecular weight is 417 g/mol. The van der Waals surface area contributed by atoms with Crippen molar-refractivity contribution in [1.29, 1.82) is 0 Å². The van der Waals surface area contributed by atoms with E-state index in [1.54, 1.807) is 23.1 Å². The van der Waals surface area contributed by atoms with E-state index in [-0.39, 0.29) is 5.56 Å². The molecule has 2 heterocycles. The van der Waals surface area contributed by atoms with Crippen molar-refractivity contribution in [2.75, 3.05) is 13.2 Å². The fourth-order valence-electron chi connectivity index (χ4n) is 3.18. The van der Waals surface area contributed by atoms with E-state index in [1.807, 2.05) is 18.4 Å². The highest BCUT2D eigenvalue weighted by molar-refractivity contribution is 7.98. The fourth-order valence-corrected chi connectivity index (χ4v) is 5.34. The number of aryl methyl sites for hydroxylation is 4. The van der Waals surface area contributed by atoms with Gasteiger partial charge < -0.3 is 4.74 Å². The van der Waals surface area contributed by atoms with Gasteiger partial charge in [-0.25, -0.2) is 4.98 Å². The number of fused-ring (bicyclic) bond motifs is 1. The molecule has 0 bridgehead atoms. The third-order valence-corrected chi connectivity index (χ3v) is 7.12. The van der Waals surface area contributed by atoms with Gasteiger partial charge in [0.05, 0.1) is 5.39 Å². The van der Waals surface area contributed by atoms with Crippen LogP contribution in [0.5, 0.6) is 0 Å². The van der Waals surface area contributed by atoms with Crippen LogP contribution in [0.4, 0.5) is 0 Å². The van der Waals surface area contributed by atoms with E-state index in [9.17, 15) is 4.79 Å². The summed E-state index contributed by atoms with van der Waals surface area (Å²) >= 11 is 3.26. The molecule has 0 aliphatic carbocycles. The van der Waals surface area contributed by atoms with Crippen molar-refractivity contribution in [1.82, 2.24) is 9.55 Å². The highest BCUT2D eigenvalue weighted by Crippen LogP contribution is 2.30. The molecule has 0 amide bonds. The number of ether oxygens (including phenoxy) is 1. The Balaban J connectivity index is 1.96. The molecule has 0 unspecified atom stereocenters. The van der Waals surface area contributed by atoms with Crippen LogP contribution in [0.25, 0.3) is 10.2 Å². The summed E-state index contributed by atoms with van der Waals surface area (Å²) in [4.78, 5) is 20.2. The first-order chi connectivity index (χ1) is 13.4. The van der Waals surface area contributed by atoms with Crippen LogP contribution in [0.15, 0.2) is 28.2 Å². The molecule has 150 valence electrons. The summed E-state index contributed by atoms with van der Waals surface area (Å²) in [5.41, 5.74) is 4.95. The van der Waals surface area contributed by atoms with Gasteiger partial charge in [-0.15, -0.1) is 11.3 Å². The van der Waals surface area contributed by atoms with E-state index in [1.165, 1.54) is 16.7 Å². The van der Waals surface area contributed by atoms with E-state index < -0.39 is 0 Å². The summed E-state index contributed by atoms with van der Waals surface area (Å²) in [5.74, 6) is 0.806. The van der Waals surface area contributed by atoms with Gasteiger partial charge in [0.2, 0.25) is 0 Å². The van der Waals surface area contributed by atoms with Crippen molar-refractivity contribution >= 4 is 33.3 Å². The Hall–Kier alpha value is -1.63. The lowest BCUT2D eigenvalue weighted by Crippen LogP contribution is -2.24. The molecular formula is C22H28N2O2S2. The van der Waals surface area contributed by atoms with Crippen LogP contribution in [-0.2, 0) is 17.0 Å². The van der Waals surface area contributed by atoms with E-state index in [0.717, 1.165) is 38.0 Å². The lowest BCUT2D eigenvalue weighted by atomic mass is 10.1. The Morgan fingerprint density at radius 1 is 1.21 bits per heavy atom. The second-order valence-electron chi connectivity index (χ2n) is 7.08. The molecule has 0 aliphatic rings.